The van der Waals surface area contributed by atoms with Gasteiger partial charge in [0.05, 0.1) is 21.7 Å². The second-order valence-electron chi connectivity index (χ2n) is 6.78. The van der Waals surface area contributed by atoms with Gasteiger partial charge >= 0.3 is 12.4 Å². The molecular formula is C20H9ClF7N3O2. The Morgan fingerprint density at radius 3 is 2.06 bits per heavy atom. The van der Waals surface area contributed by atoms with Crippen LogP contribution in [0.2, 0.25) is 5.02 Å². The third-order valence-electron chi connectivity index (χ3n) is 4.55. The average Bonchev–Trinajstić information content (AvgIpc) is 3.33. The molecule has 0 radical (unpaired) electrons. The SMILES string of the molecule is Cc1onc(-c2c(F)cccc2Cl)c1-c1nc(-c2cc(C(F)(F)F)cc(C(F)(F)F)c2)no1. The molecule has 0 saturated heterocycles. The van der Waals surface area contributed by atoms with Gasteiger partial charge in [-0.1, -0.05) is 28.0 Å². The smallest absolute Gasteiger partial charge is 0.360 e. The van der Waals surface area contributed by atoms with Crippen LogP contribution in [0.15, 0.2) is 45.4 Å². The van der Waals surface area contributed by atoms with Crippen molar-refractivity contribution in [2.75, 3.05) is 0 Å². The molecule has 2 aromatic heterocycles. The number of benzene rings is 2. The highest BCUT2D eigenvalue weighted by molar-refractivity contribution is 6.33. The molecule has 0 fully saturated rings. The van der Waals surface area contributed by atoms with Crippen molar-refractivity contribution in [3.05, 3.63) is 64.1 Å². The highest BCUT2D eigenvalue weighted by Gasteiger charge is 2.37. The van der Waals surface area contributed by atoms with E-state index in [1.807, 2.05) is 0 Å². The number of aryl methyl sites for hydroxylation is 1. The summed E-state index contributed by atoms with van der Waals surface area (Å²) in [5.41, 5.74) is -4.00. The Labute approximate surface area is 184 Å². The summed E-state index contributed by atoms with van der Waals surface area (Å²) in [6.07, 6.45) is -10.1. The molecular weight excluding hydrogens is 483 g/mol. The Hall–Kier alpha value is -3.41. The number of rotatable bonds is 3. The van der Waals surface area contributed by atoms with Crippen LogP contribution in [0.25, 0.3) is 34.1 Å². The molecule has 2 aromatic carbocycles. The van der Waals surface area contributed by atoms with Crippen LogP contribution in [0.3, 0.4) is 0 Å². The fourth-order valence-corrected chi connectivity index (χ4v) is 3.30. The van der Waals surface area contributed by atoms with E-state index in [4.69, 9.17) is 20.6 Å². The first kappa shape index (κ1) is 22.8. The van der Waals surface area contributed by atoms with E-state index in [2.05, 4.69) is 15.3 Å². The van der Waals surface area contributed by atoms with Gasteiger partial charge < -0.3 is 9.05 Å². The molecule has 33 heavy (non-hydrogen) atoms. The quantitative estimate of drug-likeness (QED) is 0.284. The maximum absolute atomic E-state index is 14.4. The highest BCUT2D eigenvalue weighted by atomic mass is 35.5. The normalized spacial score (nSPS) is 12.4. The Balaban J connectivity index is 1.85. The number of hydrogen-bond donors (Lipinski definition) is 0. The van der Waals surface area contributed by atoms with Crippen LogP contribution in [0.5, 0.6) is 0 Å². The summed E-state index contributed by atoms with van der Waals surface area (Å²) in [7, 11) is 0. The summed E-state index contributed by atoms with van der Waals surface area (Å²) in [5, 5.41) is 7.20. The van der Waals surface area contributed by atoms with Crippen molar-refractivity contribution >= 4 is 11.6 Å². The van der Waals surface area contributed by atoms with Gasteiger partial charge in [0.2, 0.25) is 5.82 Å². The molecule has 2 heterocycles. The predicted molar refractivity (Wildman–Crippen MR) is 100 cm³/mol. The largest absolute Gasteiger partial charge is 0.416 e. The van der Waals surface area contributed by atoms with Crippen LogP contribution in [0, 0.1) is 12.7 Å². The van der Waals surface area contributed by atoms with E-state index >= 15 is 0 Å². The average molecular weight is 492 g/mol. The van der Waals surface area contributed by atoms with E-state index < -0.39 is 40.7 Å². The van der Waals surface area contributed by atoms with Crippen molar-refractivity contribution in [2.45, 2.75) is 19.3 Å². The summed E-state index contributed by atoms with van der Waals surface area (Å²) < 4.78 is 103. The van der Waals surface area contributed by atoms with E-state index in [0.717, 1.165) is 6.07 Å². The van der Waals surface area contributed by atoms with Crippen LogP contribution in [0.4, 0.5) is 30.7 Å². The van der Waals surface area contributed by atoms with Gasteiger partial charge in [0.25, 0.3) is 5.89 Å². The van der Waals surface area contributed by atoms with Crippen LogP contribution >= 0.6 is 11.6 Å². The molecule has 0 N–H and O–H groups in total. The monoisotopic (exact) mass is 491 g/mol. The van der Waals surface area contributed by atoms with E-state index in [1.165, 1.54) is 19.1 Å². The van der Waals surface area contributed by atoms with Crippen molar-refractivity contribution in [3.8, 4) is 34.1 Å². The zero-order valence-electron chi connectivity index (χ0n) is 16.1. The molecule has 0 atom stereocenters. The molecule has 0 unspecified atom stereocenters. The van der Waals surface area contributed by atoms with Gasteiger partial charge in [0.1, 0.15) is 22.8 Å². The topological polar surface area (TPSA) is 65.0 Å². The first-order valence-corrected chi connectivity index (χ1v) is 9.28. The molecule has 0 bridgehead atoms. The van der Waals surface area contributed by atoms with Crippen molar-refractivity contribution < 1.29 is 39.8 Å². The van der Waals surface area contributed by atoms with E-state index in [0.29, 0.717) is 12.1 Å². The van der Waals surface area contributed by atoms with Crippen LogP contribution in [-0.2, 0) is 12.4 Å². The molecule has 0 amide bonds. The molecule has 0 spiro atoms. The number of alkyl halides is 6. The molecule has 0 aliphatic rings. The Morgan fingerprint density at radius 1 is 0.848 bits per heavy atom. The van der Waals surface area contributed by atoms with Gasteiger partial charge in [0.15, 0.2) is 0 Å². The van der Waals surface area contributed by atoms with E-state index in [-0.39, 0.29) is 39.6 Å². The van der Waals surface area contributed by atoms with Gasteiger partial charge in [-0.05, 0) is 37.3 Å². The number of halogens is 8. The molecule has 5 nitrogen and oxygen atoms in total. The lowest BCUT2D eigenvalue weighted by atomic mass is 10.0. The second-order valence-corrected chi connectivity index (χ2v) is 7.18. The van der Waals surface area contributed by atoms with Gasteiger partial charge in [-0.3, -0.25) is 0 Å². The molecule has 0 aliphatic heterocycles. The lowest BCUT2D eigenvalue weighted by molar-refractivity contribution is -0.143. The third kappa shape index (κ3) is 4.30. The Kier molecular flexibility index (Phi) is 5.43. The van der Waals surface area contributed by atoms with Gasteiger partial charge in [0, 0.05) is 5.56 Å². The van der Waals surface area contributed by atoms with Crippen molar-refractivity contribution in [1.82, 2.24) is 15.3 Å². The second kappa shape index (κ2) is 7.87. The summed E-state index contributed by atoms with van der Waals surface area (Å²) in [4.78, 5) is 3.90. The first-order chi connectivity index (χ1) is 15.4. The van der Waals surface area contributed by atoms with Crippen molar-refractivity contribution in [2.24, 2.45) is 0 Å². The number of aromatic nitrogens is 3. The van der Waals surface area contributed by atoms with Gasteiger partial charge in [-0.2, -0.15) is 31.3 Å². The van der Waals surface area contributed by atoms with Crippen LogP contribution in [0.1, 0.15) is 16.9 Å². The minimum Gasteiger partial charge on any atom is -0.360 e. The van der Waals surface area contributed by atoms with Crippen LogP contribution < -0.4 is 0 Å². The first-order valence-electron chi connectivity index (χ1n) is 8.91. The molecule has 0 saturated carbocycles. The zero-order chi connectivity index (χ0) is 24.1. The maximum Gasteiger partial charge on any atom is 0.416 e. The summed E-state index contributed by atoms with van der Waals surface area (Å²) in [6, 6.07) is 4.74. The van der Waals surface area contributed by atoms with Gasteiger partial charge in [-0.15, -0.1) is 0 Å². The molecule has 13 heteroatoms. The molecule has 4 rings (SSSR count). The minimum atomic E-state index is -5.05. The molecule has 172 valence electrons. The lowest BCUT2D eigenvalue weighted by Crippen LogP contribution is -2.11. The Morgan fingerprint density at radius 2 is 1.48 bits per heavy atom. The molecule has 0 aliphatic carbocycles. The van der Waals surface area contributed by atoms with E-state index in [1.54, 1.807) is 0 Å². The van der Waals surface area contributed by atoms with Crippen LogP contribution in [-0.4, -0.2) is 15.3 Å². The fraction of sp³-hybridized carbons (Fsp3) is 0.150. The standard InChI is InChI=1S/C20H9ClF7N3O2/c1-8-14(16(30-32-8)15-12(21)3-2-4-13(15)22)18-29-17(31-33-18)9-5-10(19(23,24)25)7-11(6-9)20(26,27)28/h2-7H,1H3. The predicted octanol–water partition coefficient (Wildman–Crippen LogP) is 7.20. The minimum absolute atomic E-state index is 0.0209. The zero-order valence-corrected chi connectivity index (χ0v) is 16.9. The van der Waals surface area contributed by atoms with Crippen molar-refractivity contribution in [3.63, 3.8) is 0 Å². The number of hydrogen-bond acceptors (Lipinski definition) is 5. The molecule has 4 aromatic rings. The van der Waals surface area contributed by atoms with Gasteiger partial charge in [-0.25, -0.2) is 4.39 Å². The highest BCUT2D eigenvalue weighted by Crippen LogP contribution is 2.41. The fourth-order valence-electron chi connectivity index (χ4n) is 3.04. The summed E-state index contributed by atoms with van der Waals surface area (Å²) in [6.45, 7) is 1.41. The third-order valence-corrected chi connectivity index (χ3v) is 4.86. The van der Waals surface area contributed by atoms with E-state index in [9.17, 15) is 30.7 Å². The maximum atomic E-state index is 14.4. The summed E-state index contributed by atoms with van der Waals surface area (Å²) >= 11 is 6.05. The van der Waals surface area contributed by atoms with Crippen molar-refractivity contribution in [1.29, 1.82) is 0 Å². The number of nitrogens with zero attached hydrogens (tertiary/aromatic N) is 3. The summed E-state index contributed by atoms with van der Waals surface area (Å²) in [5.74, 6) is -1.62. The Bertz CT molecular complexity index is 1290. The lowest BCUT2D eigenvalue weighted by Gasteiger charge is -2.12.